The minimum Gasteiger partial charge on any atom is -0.489 e. The minimum atomic E-state index is -0.513. The molecule has 5 rings (SSSR count). The number of nitrogens with zero attached hydrogens (tertiary/aromatic N) is 7. The van der Waals surface area contributed by atoms with E-state index in [0.717, 1.165) is 37.1 Å². The van der Waals surface area contributed by atoms with Gasteiger partial charge in [0.25, 0.3) is 5.91 Å². The Kier molecular flexibility index (Phi) is 8.13. The number of hydrogen-bond donors (Lipinski definition) is 2. The van der Waals surface area contributed by atoms with Gasteiger partial charge in [-0.3, -0.25) is 9.69 Å². The maximum absolute atomic E-state index is 13.1. The molecule has 3 heterocycles. The number of carbonyl (C=O) groups is 1. The second kappa shape index (κ2) is 12.0. The molecule has 0 unspecified atom stereocenters. The molecule has 1 aliphatic heterocycles. The van der Waals surface area contributed by atoms with E-state index in [1.54, 1.807) is 0 Å². The summed E-state index contributed by atoms with van der Waals surface area (Å²) in [6.45, 7) is 4.84. The number of hydrazone groups is 1. The van der Waals surface area contributed by atoms with Crippen LogP contribution in [0.5, 0.6) is 5.75 Å². The van der Waals surface area contributed by atoms with E-state index in [1.807, 2.05) is 48.5 Å². The van der Waals surface area contributed by atoms with Gasteiger partial charge >= 0.3 is 0 Å². The van der Waals surface area contributed by atoms with Crippen LogP contribution in [-0.2, 0) is 13.2 Å². The van der Waals surface area contributed by atoms with Crippen molar-refractivity contribution in [3.63, 3.8) is 0 Å². The quantitative estimate of drug-likeness (QED) is 0.236. The number of benzene rings is 2. The van der Waals surface area contributed by atoms with Gasteiger partial charge in [0.1, 0.15) is 12.4 Å². The van der Waals surface area contributed by atoms with E-state index in [4.69, 9.17) is 26.7 Å². The molecule has 0 spiro atoms. The Bertz CT molecular complexity index is 1460. The van der Waals surface area contributed by atoms with E-state index in [9.17, 15) is 4.79 Å². The number of aromatic nitrogens is 5. The number of carbonyl (C=O) groups excluding carboxylic acids is 1. The summed E-state index contributed by atoms with van der Waals surface area (Å²) in [6.07, 6.45) is 3.67. The monoisotopic (exact) mass is 549 g/mol. The third-order valence-electron chi connectivity index (χ3n) is 6.46. The molecule has 39 heavy (non-hydrogen) atoms. The lowest BCUT2D eigenvalue weighted by Crippen LogP contribution is -2.34. The van der Waals surface area contributed by atoms with Gasteiger partial charge in [0, 0.05) is 11.6 Å². The fourth-order valence-corrected chi connectivity index (χ4v) is 4.47. The molecular weight excluding hydrogens is 522 g/mol. The van der Waals surface area contributed by atoms with E-state index in [-0.39, 0.29) is 17.3 Å². The van der Waals surface area contributed by atoms with Crippen molar-refractivity contribution < 1.29 is 14.2 Å². The lowest BCUT2D eigenvalue weighted by molar-refractivity contribution is 0.0947. The lowest BCUT2D eigenvalue weighted by atomic mass is 9.99. The fourth-order valence-electron chi connectivity index (χ4n) is 4.26. The molecule has 202 valence electrons. The second-order valence-corrected chi connectivity index (χ2v) is 9.85. The average molecular weight is 550 g/mol. The SMILES string of the molecule is CC1CCN(Cc2c(C(=O)N/N=C/c3cccc(OCc4cccc(Cl)c4)c3)nnn2-c2nonc2N)CC1. The number of amides is 1. The summed E-state index contributed by atoms with van der Waals surface area (Å²) in [5.41, 5.74) is 10.8. The van der Waals surface area contributed by atoms with Crippen LogP contribution in [-0.4, -0.2) is 55.4 Å². The van der Waals surface area contributed by atoms with Crippen LogP contribution in [0.2, 0.25) is 5.02 Å². The molecule has 0 radical (unpaired) electrons. The van der Waals surface area contributed by atoms with E-state index < -0.39 is 5.91 Å². The summed E-state index contributed by atoms with van der Waals surface area (Å²) in [6, 6.07) is 14.8. The molecular formula is C26H28ClN9O3. The second-order valence-electron chi connectivity index (χ2n) is 9.42. The Labute approximate surface area is 229 Å². The Morgan fingerprint density at radius 3 is 2.82 bits per heavy atom. The van der Waals surface area contributed by atoms with Gasteiger partial charge in [-0.1, -0.05) is 48.0 Å². The summed E-state index contributed by atoms with van der Waals surface area (Å²) >= 11 is 6.04. The third-order valence-corrected chi connectivity index (χ3v) is 6.69. The molecule has 4 aromatic rings. The number of nitrogen functional groups attached to an aromatic ring is 1. The number of rotatable bonds is 9. The summed E-state index contributed by atoms with van der Waals surface area (Å²) in [4.78, 5) is 15.3. The highest BCUT2D eigenvalue weighted by Crippen LogP contribution is 2.22. The van der Waals surface area contributed by atoms with Crippen molar-refractivity contribution in [1.82, 2.24) is 35.6 Å². The Hall–Kier alpha value is -4.29. The van der Waals surface area contributed by atoms with E-state index in [2.05, 4.69) is 43.0 Å². The highest BCUT2D eigenvalue weighted by atomic mass is 35.5. The number of anilines is 1. The molecule has 0 saturated carbocycles. The minimum absolute atomic E-state index is 0.0517. The standard InChI is InChI=1S/C26H28ClN9O3/c1-17-8-10-35(11-9-17)15-22-23(30-34-36(22)25-24(28)32-39-33-25)26(37)31-29-14-18-4-3-7-21(13-18)38-16-19-5-2-6-20(27)12-19/h2-7,12-14,17H,8-11,15-16H2,1H3,(H2,28,32)(H,31,37)/b29-14+. The molecule has 2 aromatic heterocycles. The van der Waals surface area contributed by atoms with Crippen molar-refractivity contribution in [2.75, 3.05) is 18.8 Å². The zero-order chi connectivity index (χ0) is 27.2. The number of nitrogens with one attached hydrogen (secondary N) is 1. The van der Waals surface area contributed by atoms with Gasteiger partial charge in [-0.05, 0) is 77.6 Å². The molecule has 12 nitrogen and oxygen atoms in total. The van der Waals surface area contributed by atoms with Gasteiger partial charge in [-0.25, -0.2) is 10.1 Å². The molecule has 0 aliphatic carbocycles. The molecule has 13 heteroatoms. The first-order chi connectivity index (χ1) is 19.0. The number of hydrogen-bond acceptors (Lipinski definition) is 10. The predicted molar refractivity (Wildman–Crippen MR) is 145 cm³/mol. The molecule has 0 bridgehead atoms. The van der Waals surface area contributed by atoms with Crippen molar-refractivity contribution in [2.24, 2.45) is 11.0 Å². The normalized spacial score (nSPS) is 14.6. The van der Waals surface area contributed by atoms with Crippen LogP contribution in [0, 0.1) is 5.92 Å². The smallest absolute Gasteiger partial charge is 0.293 e. The first kappa shape index (κ1) is 26.3. The molecule has 0 atom stereocenters. The highest BCUT2D eigenvalue weighted by Gasteiger charge is 2.26. The van der Waals surface area contributed by atoms with Crippen LogP contribution in [0.4, 0.5) is 5.82 Å². The molecule has 3 N–H and O–H groups in total. The lowest BCUT2D eigenvalue weighted by Gasteiger charge is -2.30. The Morgan fingerprint density at radius 2 is 2.05 bits per heavy atom. The van der Waals surface area contributed by atoms with Crippen LogP contribution in [0.25, 0.3) is 5.82 Å². The van der Waals surface area contributed by atoms with Crippen LogP contribution in [0.3, 0.4) is 0 Å². The molecule has 1 amide bonds. The number of piperidine rings is 1. The maximum Gasteiger partial charge on any atom is 0.293 e. The number of likely N-dealkylation sites (tertiary alicyclic amines) is 1. The average Bonchev–Trinajstić information content (AvgIpc) is 3.54. The first-order valence-corrected chi connectivity index (χ1v) is 12.9. The predicted octanol–water partition coefficient (Wildman–Crippen LogP) is 3.46. The van der Waals surface area contributed by atoms with Gasteiger partial charge in [-0.15, -0.1) is 5.10 Å². The Balaban J connectivity index is 1.27. The molecule has 2 aromatic carbocycles. The van der Waals surface area contributed by atoms with Gasteiger partial charge in [-0.2, -0.15) is 9.78 Å². The third kappa shape index (κ3) is 6.59. The van der Waals surface area contributed by atoms with Crippen molar-refractivity contribution in [2.45, 2.75) is 32.9 Å². The summed E-state index contributed by atoms with van der Waals surface area (Å²) in [5.74, 6) is 1.04. The van der Waals surface area contributed by atoms with Crippen LogP contribution >= 0.6 is 11.6 Å². The summed E-state index contributed by atoms with van der Waals surface area (Å²) in [5, 5.41) is 20.4. The van der Waals surface area contributed by atoms with Crippen LogP contribution in [0.1, 0.15) is 47.1 Å². The molecule has 1 saturated heterocycles. The van der Waals surface area contributed by atoms with Gasteiger partial charge in [0.2, 0.25) is 11.6 Å². The highest BCUT2D eigenvalue weighted by molar-refractivity contribution is 6.30. The van der Waals surface area contributed by atoms with Crippen molar-refractivity contribution >= 4 is 29.5 Å². The van der Waals surface area contributed by atoms with E-state index in [0.29, 0.717) is 35.5 Å². The van der Waals surface area contributed by atoms with Gasteiger partial charge in [0.15, 0.2) is 5.69 Å². The first-order valence-electron chi connectivity index (χ1n) is 12.5. The summed E-state index contributed by atoms with van der Waals surface area (Å²) in [7, 11) is 0. The zero-order valence-electron chi connectivity index (χ0n) is 21.3. The van der Waals surface area contributed by atoms with E-state index in [1.165, 1.54) is 10.9 Å². The van der Waals surface area contributed by atoms with Gasteiger partial charge < -0.3 is 10.5 Å². The largest absolute Gasteiger partial charge is 0.489 e. The van der Waals surface area contributed by atoms with Gasteiger partial charge in [0.05, 0.1) is 11.9 Å². The molecule has 1 aliphatic rings. The van der Waals surface area contributed by atoms with Crippen molar-refractivity contribution in [3.8, 4) is 11.6 Å². The van der Waals surface area contributed by atoms with Crippen molar-refractivity contribution in [1.29, 1.82) is 0 Å². The topological polar surface area (TPSA) is 150 Å². The number of halogens is 1. The van der Waals surface area contributed by atoms with Crippen LogP contribution < -0.4 is 15.9 Å². The van der Waals surface area contributed by atoms with E-state index >= 15 is 0 Å². The fraction of sp³-hybridized carbons (Fsp3) is 0.308. The zero-order valence-corrected chi connectivity index (χ0v) is 22.1. The van der Waals surface area contributed by atoms with Crippen LogP contribution in [0.15, 0.2) is 58.3 Å². The molecule has 1 fully saturated rings. The number of ether oxygens (including phenoxy) is 1. The maximum atomic E-state index is 13.1. The number of nitrogens with two attached hydrogens (primary N) is 1. The Morgan fingerprint density at radius 1 is 1.23 bits per heavy atom. The van der Waals surface area contributed by atoms with Crippen molar-refractivity contribution in [3.05, 3.63) is 76.1 Å². The summed E-state index contributed by atoms with van der Waals surface area (Å²) < 4.78 is 12.0.